The van der Waals surface area contributed by atoms with Gasteiger partial charge in [-0.3, -0.25) is 0 Å². The van der Waals surface area contributed by atoms with Gasteiger partial charge in [-0.05, 0) is 62.4 Å². The first-order chi connectivity index (χ1) is 17.5. The maximum absolute atomic E-state index is 12.5. The van der Waals surface area contributed by atoms with Crippen molar-refractivity contribution in [2.24, 2.45) is 0 Å². The minimum absolute atomic E-state index is 0.00155. The second kappa shape index (κ2) is 9.87. The van der Waals surface area contributed by atoms with E-state index in [4.69, 9.17) is 9.47 Å². The van der Waals surface area contributed by atoms with Gasteiger partial charge in [0.05, 0.1) is 56.0 Å². The lowest BCUT2D eigenvalue weighted by Crippen LogP contribution is -2.10. The quantitative estimate of drug-likeness (QED) is 0.317. The molecular weight excluding hydrogens is 456 g/mol. The van der Waals surface area contributed by atoms with Crippen molar-refractivity contribution in [2.45, 2.75) is 27.1 Å². The molecule has 8 nitrogen and oxygen atoms in total. The Bertz CT molecular complexity index is 1480. The van der Waals surface area contributed by atoms with Crippen LogP contribution in [0.15, 0.2) is 72.8 Å². The molecule has 0 bridgehead atoms. The summed E-state index contributed by atoms with van der Waals surface area (Å²) in [7, 11) is 0. The second-order valence-corrected chi connectivity index (χ2v) is 8.22. The zero-order valence-electron chi connectivity index (χ0n) is 19.8. The third-order valence-electron chi connectivity index (χ3n) is 5.72. The molecule has 0 aliphatic carbocycles. The number of benzene rings is 3. The van der Waals surface area contributed by atoms with Gasteiger partial charge in [0.15, 0.2) is 0 Å². The molecule has 0 aliphatic heterocycles. The molecule has 2 heterocycles. The molecule has 2 aromatic heterocycles. The predicted octanol–water partition coefficient (Wildman–Crippen LogP) is 4.90. The van der Waals surface area contributed by atoms with Gasteiger partial charge in [0.1, 0.15) is 13.2 Å². The first-order valence-corrected chi connectivity index (χ1v) is 11.4. The van der Waals surface area contributed by atoms with Gasteiger partial charge in [-0.2, -0.15) is 0 Å². The van der Waals surface area contributed by atoms with E-state index in [1.165, 1.54) is 24.3 Å². The highest BCUT2D eigenvalue weighted by Gasteiger charge is 2.14. The molecule has 0 aliphatic rings. The second-order valence-electron chi connectivity index (χ2n) is 8.22. The van der Waals surface area contributed by atoms with Crippen LogP contribution in [-0.4, -0.2) is 31.9 Å². The van der Waals surface area contributed by atoms with Crippen molar-refractivity contribution >= 4 is 34.0 Å². The number of carbonyl (C=O) groups excluding carboxylic acids is 2. The molecule has 0 saturated heterocycles. The first-order valence-electron chi connectivity index (χ1n) is 11.4. The summed E-state index contributed by atoms with van der Waals surface area (Å²) >= 11 is 0. The average Bonchev–Trinajstić information content (AvgIpc) is 2.90. The van der Waals surface area contributed by atoms with Crippen molar-refractivity contribution in [3.05, 3.63) is 107 Å². The number of esters is 2. The number of rotatable bonds is 6. The van der Waals surface area contributed by atoms with Gasteiger partial charge in [0.2, 0.25) is 0 Å². The molecule has 3 aromatic carbocycles. The Labute approximate surface area is 207 Å². The normalized spacial score (nSPS) is 10.9. The Morgan fingerprint density at radius 3 is 1.25 bits per heavy atom. The fraction of sp³-hybridized carbons (Fsp3) is 0.143. The smallest absolute Gasteiger partial charge is 0.338 e. The van der Waals surface area contributed by atoms with Crippen LogP contribution in [0.25, 0.3) is 22.1 Å². The number of ether oxygens (including phenoxy) is 2. The van der Waals surface area contributed by atoms with E-state index < -0.39 is 11.9 Å². The summed E-state index contributed by atoms with van der Waals surface area (Å²) in [6, 6.07) is 21.1. The molecule has 8 heteroatoms. The Hall–Kier alpha value is -4.72. The van der Waals surface area contributed by atoms with Crippen molar-refractivity contribution in [1.29, 1.82) is 0 Å². The van der Waals surface area contributed by atoms with Gasteiger partial charge in [0.25, 0.3) is 0 Å². The van der Waals surface area contributed by atoms with Crippen LogP contribution in [0, 0.1) is 13.8 Å². The van der Waals surface area contributed by atoms with Crippen LogP contribution in [0.3, 0.4) is 0 Å². The molecule has 0 N–H and O–H groups in total. The number of hydrogen-bond acceptors (Lipinski definition) is 8. The number of para-hydroxylation sites is 4. The number of aryl methyl sites for hydroxylation is 2. The summed E-state index contributed by atoms with van der Waals surface area (Å²) in [5.41, 5.74) is 6.26. The summed E-state index contributed by atoms with van der Waals surface area (Å²) < 4.78 is 10.9. The Morgan fingerprint density at radius 2 is 0.889 bits per heavy atom. The third-order valence-corrected chi connectivity index (χ3v) is 5.72. The number of aromatic nitrogens is 4. The largest absolute Gasteiger partial charge is 0.456 e. The molecule has 5 aromatic rings. The van der Waals surface area contributed by atoms with E-state index in [-0.39, 0.29) is 13.2 Å². The van der Waals surface area contributed by atoms with Crippen molar-refractivity contribution < 1.29 is 19.1 Å². The fourth-order valence-electron chi connectivity index (χ4n) is 3.70. The van der Waals surface area contributed by atoms with E-state index in [9.17, 15) is 9.59 Å². The lowest BCUT2D eigenvalue weighted by molar-refractivity contribution is 0.0453. The van der Waals surface area contributed by atoms with Crippen molar-refractivity contribution in [3.63, 3.8) is 0 Å². The molecule has 5 rings (SSSR count). The van der Waals surface area contributed by atoms with Crippen LogP contribution in [0.1, 0.15) is 43.5 Å². The summed E-state index contributed by atoms with van der Waals surface area (Å²) in [4.78, 5) is 43.1. The molecule has 36 heavy (non-hydrogen) atoms. The van der Waals surface area contributed by atoms with Crippen LogP contribution < -0.4 is 0 Å². The van der Waals surface area contributed by atoms with Crippen LogP contribution >= 0.6 is 0 Å². The van der Waals surface area contributed by atoms with Crippen molar-refractivity contribution in [3.8, 4) is 0 Å². The molecule has 0 radical (unpaired) electrons. The third kappa shape index (κ3) is 4.88. The zero-order valence-corrected chi connectivity index (χ0v) is 19.8. The highest BCUT2D eigenvalue weighted by Crippen LogP contribution is 2.16. The molecule has 0 unspecified atom stereocenters. The van der Waals surface area contributed by atoms with Gasteiger partial charge in [-0.15, -0.1) is 0 Å². The minimum atomic E-state index is -0.522. The summed E-state index contributed by atoms with van der Waals surface area (Å²) in [6.45, 7) is 3.65. The van der Waals surface area contributed by atoms with Gasteiger partial charge in [-0.1, -0.05) is 24.3 Å². The summed E-state index contributed by atoms with van der Waals surface area (Å²) in [5.74, 6) is -1.04. The number of hydrogen-bond donors (Lipinski definition) is 0. The standard InChI is InChI=1S/C28H22N4O4/c1-17-25(31-23-9-5-3-7-21(23)29-17)15-35-27(33)19-11-13-20(14-12-19)28(34)36-16-26-18(2)30-22-8-4-6-10-24(22)32-26/h3-14H,15-16H2,1-2H3. The number of carbonyl (C=O) groups is 2. The Kier molecular flexibility index (Phi) is 6.32. The molecule has 0 amide bonds. The van der Waals surface area contributed by atoms with Gasteiger partial charge < -0.3 is 9.47 Å². The van der Waals surface area contributed by atoms with Gasteiger partial charge >= 0.3 is 11.9 Å². The number of fused-ring (bicyclic) bond motifs is 2. The van der Waals surface area contributed by atoms with Crippen LogP contribution in [-0.2, 0) is 22.7 Å². The molecule has 0 spiro atoms. The summed E-state index contributed by atoms with van der Waals surface area (Å²) in [6.07, 6.45) is 0. The maximum atomic E-state index is 12.5. The highest BCUT2D eigenvalue weighted by atomic mass is 16.5. The van der Waals surface area contributed by atoms with E-state index in [2.05, 4.69) is 19.9 Å². The average molecular weight is 479 g/mol. The van der Waals surface area contributed by atoms with Crippen LogP contribution in [0.2, 0.25) is 0 Å². The van der Waals surface area contributed by atoms with Crippen LogP contribution in [0.4, 0.5) is 0 Å². The topological polar surface area (TPSA) is 104 Å². The lowest BCUT2D eigenvalue weighted by atomic mass is 10.1. The summed E-state index contributed by atoms with van der Waals surface area (Å²) in [5, 5.41) is 0. The zero-order chi connectivity index (χ0) is 25.1. The van der Waals surface area contributed by atoms with E-state index in [0.717, 1.165) is 22.1 Å². The Balaban J connectivity index is 1.20. The van der Waals surface area contributed by atoms with Crippen molar-refractivity contribution in [2.75, 3.05) is 0 Å². The molecule has 0 atom stereocenters. The van der Waals surface area contributed by atoms with E-state index in [1.807, 2.05) is 62.4 Å². The monoisotopic (exact) mass is 478 g/mol. The number of nitrogens with zero attached hydrogens (tertiary/aromatic N) is 4. The maximum Gasteiger partial charge on any atom is 0.338 e. The van der Waals surface area contributed by atoms with E-state index in [1.54, 1.807) is 0 Å². The molecule has 0 fully saturated rings. The SMILES string of the molecule is Cc1nc2ccccc2nc1COC(=O)c1ccc(C(=O)OCc2nc3ccccc3nc2C)cc1. The lowest BCUT2D eigenvalue weighted by Gasteiger charge is -2.09. The van der Waals surface area contributed by atoms with Crippen molar-refractivity contribution in [1.82, 2.24) is 19.9 Å². The van der Waals surface area contributed by atoms with E-state index >= 15 is 0 Å². The van der Waals surface area contributed by atoms with Gasteiger partial charge in [-0.25, -0.2) is 29.5 Å². The fourth-order valence-corrected chi connectivity index (χ4v) is 3.70. The first kappa shape index (κ1) is 23.0. The Morgan fingerprint density at radius 1 is 0.556 bits per heavy atom. The molecule has 178 valence electrons. The predicted molar refractivity (Wildman–Crippen MR) is 133 cm³/mol. The highest BCUT2D eigenvalue weighted by molar-refractivity contribution is 5.93. The van der Waals surface area contributed by atoms with Crippen LogP contribution in [0.5, 0.6) is 0 Å². The van der Waals surface area contributed by atoms with E-state index in [0.29, 0.717) is 33.9 Å². The molecular formula is C28H22N4O4. The molecule has 0 saturated carbocycles. The van der Waals surface area contributed by atoms with Gasteiger partial charge in [0, 0.05) is 0 Å². The minimum Gasteiger partial charge on any atom is -0.456 e.